The molecule has 0 saturated carbocycles. The average Bonchev–Trinajstić information content (AvgIpc) is 3.04. The summed E-state index contributed by atoms with van der Waals surface area (Å²) in [6.45, 7) is 0.391. The number of carbonyl (C=O) groups is 1. The van der Waals surface area contributed by atoms with Crippen molar-refractivity contribution in [3.8, 4) is 5.75 Å². The smallest absolute Gasteiger partial charge is 0.261 e. The Balaban J connectivity index is 1.59. The van der Waals surface area contributed by atoms with Crippen LogP contribution in [0.5, 0.6) is 5.75 Å². The molecule has 1 amide bonds. The summed E-state index contributed by atoms with van der Waals surface area (Å²) in [5.74, 6) is 1.43. The minimum Gasteiger partial charge on any atom is -0.480 e. The summed E-state index contributed by atoms with van der Waals surface area (Å²) in [6.07, 6.45) is 3.57. The van der Waals surface area contributed by atoms with Crippen LogP contribution >= 0.6 is 0 Å². The molecule has 0 saturated heterocycles. The standard InChI is InChI=1S/C13H13N3O2/c17-13(16-8-12-14-5-6-15-12)11-7-9-3-1-2-4-10(9)18-11/h1-6,11H,7-8H2,(H,14,15)(H,16,17). The molecule has 1 aliphatic heterocycles. The fraction of sp³-hybridized carbons (Fsp3) is 0.231. The zero-order valence-corrected chi connectivity index (χ0v) is 9.72. The number of rotatable bonds is 3. The van der Waals surface area contributed by atoms with Gasteiger partial charge in [0.2, 0.25) is 0 Å². The van der Waals surface area contributed by atoms with Gasteiger partial charge in [-0.1, -0.05) is 18.2 Å². The summed E-state index contributed by atoms with van der Waals surface area (Å²) in [5, 5.41) is 2.80. The fourth-order valence-electron chi connectivity index (χ4n) is 2.01. The van der Waals surface area contributed by atoms with Crippen molar-refractivity contribution >= 4 is 5.91 Å². The molecule has 18 heavy (non-hydrogen) atoms. The van der Waals surface area contributed by atoms with E-state index in [1.807, 2.05) is 24.3 Å². The molecule has 1 aromatic carbocycles. The minimum atomic E-state index is -0.433. The predicted octanol–water partition coefficient (Wildman–Crippen LogP) is 1.03. The van der Waals surface area contributed by atoms with Crippen LogP contribution in [0.3, 0.4) is 0 Å². The van der Waals surface area contributed by atoms with E-state index in [1.165, 1.54) is 0 Å². The quantitative estimate of drug-likeness (QED) is 0.846. The van der Waals surface area contributed by atoms with Gasteiger partial charge in [-0.05, 0) is 11.6 Å². The zero-order valence-electron chi connectivity index (χ0n) is 9.72. The molecular weight excluding hydrogens is 230 g/mol. The Morgan fingerprint density at radius 2 is 2.39 bits per heavy atom. The first-order valence-electron chi connectivity index (χ1n) is 5.83. The van der Waals surface area contributed by atoms with Crippen LogP contribution in [0.4, 0.5) is 0 Å². The number of hydrogen-bond acceptors (Lipinski definition) is 3. The molecule has 0 fully saturated rings. The lowest BCUT2D eigenvalue weighted by Gasteiger charge is -2.10. The number of ether oxygens (including phenoxy) is 1. The Labute approximate surface area is 104 Å². The van der Waals surface area contributed by atoms with Crippen LogP contribution in [0.2, 0.25) is 0 Å². The molecular formula is C13H13N3O2. The maximum atomic E-state index is 11.9. The van der Waals surface area contributed by atoms with E-state index < -0.39 is 6.10 Å². The largest absolute Gasteiger partial charge is 0.480 e. The van der Waals surface area contributed by atoms with Crippen molar-refractivity contribution < 1.29 is 9.53 Å². The third-order valence-electron chi connectivity index (χ3n) is 2.92. The average molecular weight is 243 g/mol. The van der Waals surface area contributed by atoms with Crippen molar-refractivity contribution in [3.05, 3.63) is 48.0 Å². The van der Waals surface area contributed by atoms with Gasteiger partial charge in [-0.2, -0.15) is 0 Å². The minimum absolute atomic E-state index is 0.109. The summed E-state index contributed by atoms with van der Waals surface area (Å²) in [6, 6.07) is 7.72. The van der Waals surface area contributed by atoms with Gasteiger partial charge >= 0.3 is 0 Å². The van der Waals surface area contributed by atoms with Crippen molar-refractivity contribution in [2.75, 3.05) is 0 Å². The van der Waals surface area contributed by atoms with Gasteiger partial charge in [0.1, 0.15) is 11.6 Å². The maximum Gasteiger partial charge on any atom is 0.261 e. The molecule has 1 aromatic heterocycles. The summed E-state index contributed by atoms with van der Waals surface area (Å²) in [7, 11) is 0. The maximum absolute atomic E-state index is 11.9. The third-order valence-corrected chi connectivity index (χ3v) is 2.92. The summed E-state index contributed by atoms with van der Waals surface area (Å²) >= 11 is 0. The zero-order chi connectivity index (χ0) is 12.4. The van der Waals surface area contributed by atoms with Gasteiger partial charge in [0.15, 0.2) is 6.10 Å². The van der Waals surface area contributed by atoms with Crippen LogP contribution in [-0.4, -0.2) is 22.0 Å². The molecule has 0 spiro atoms. The van der Waals surface area contributed by atoms with E-state index in [9.17, 15) is 4.79 Å². The monoisotopic (exact) mass is 243 g/mol. The molecule has 5 heteroatoms. The summed E-state index contributed by atoms with van der Waals surface area (Å²) < 4.78 is 5.60. The number of carbonyl (C=O) groups excluding carboxylic acids is 1. The van der Waals surface area contributed by atoms with Crippen LogP contribution < -0.4 is 10.1 Å². The van der Waals surface area contributed by atoms with Gasteiger partial charge in [-0.25, -0.2) is 4.98 Å². The number of benzene rings is 1. The van der Waals surface area contributed by atoms with Crippen molar-refractivity contribution in [3.63, 3.8) is 0 Å². The van der Waals surface area contributed by atoms with Crippen LogP contribution in [0.25, 0.3) is 0 Å². The van der Waals surface area contributed by atoms with Gasteiger partial charge in [0.25, 0.3) is 5.91 Å². The molecule has 2 aromatic rings. The molecule has 2 heterocycles. The van der Waals surface area contributed by atoms with Gasteiger partial charge < -0.3 is 15.0 Å². The number of amides is 1. The van der Waals surface area contributed by atoms with Crippen LogP contribution in [0.15, 0.2) is 36.7 Å². The molecule has 0 bridgehead atoms. The molecule has 1 unspecified atom stereocenters. The Morgan fingerprint density at radius 3 is 3.17 bits per heavy atom. The van der Waals surface area contributed by atoms with Gasteiger partial charge in [0, 0.05) is 18.8 Å². The summed E-state index contributed by atoms with van der Waals surface area (Å²) in [5.41, 5.74) is 1.08. The lowest BCUT2D eigenvalue weighted by Crippen LogP contribution is -2.37. The van der Waals surface area contributed by atoms with Crippen LogP contribution in [-0.2, 0) is 17.8 Å². The highest BCUT2D eigenvalue weighted by atomic mass is 16.5. The van der Waals surface area contributed by atoms with Crippen molar-refractivity contribution in [1.82, 2.24) is 15.3 Å². The Kier molecular flexibility index (Phi) is 2.72. The number of para-hydroxylation sites is 1. The van der Waals surface area contributed by atoms with E-state index >= 15 is 0 Å². The number of imidazole rings is 1. The Hall–Kier alpha value is -2.30. The lowest BCUT2D eigenvalue weighted by molar-refractivity contribution is -0.127. The second-order valence-corrected chi connectivity index (χ2v) is 4.17. The fourth-order valence-corrected chi connectivity index (χ4v) is 2.01. The first kappa shape index (κ1) is 10.8. The number of nitrogens with zero attached hydrogens (tertiary/aromatic N) is 1. The second kappa shape index (κ2) is 4.52. The van der Waals surface area contributed by atoms with E-state index in [4.69, 9.17) is 4.74 Å². The highest BCUT2D eigenvalue weighted by molar-refractivity contribution is 5.82. The van der Waals surface area contributed by atoms with Crippen molar-refractivity contribution in [2.24, 2.45) is 0 Å². The molecule has 92 valence electrons. The molecule has 5 nitrogen and oxygen atoms in total. The normalized spacial score (nSPS) is 17.0. The van der Waals surface area contributed by atoms with E-state index in [0.717, 1.165) is 17.1 Å². The Bertz CT molecular complexity index is 526. The molecule has 0 aliphatic carbocycles. The van der Waals surface area contributed by atoms with Crippen LogP contribution in [0.1, 0.15) is 11.4 Å². The Morgan fingerprint density at radius 1 is 1.50 bits per heavy atom. The first-order valence-corrected chi connectivity index (χ1v) is 5.83. The van der Waals surface area contributed by atoms with E-state index in [1.54, 1.807) is 12.4 Å². The molecule has 0 radical (unpaired) electrons. The predicted molar refractivity (Wildman–Crippen MR) is 65.0 cm³/mol. The molecule has 1 atom stereocenters. The molecule has 1 aliphatic rings. The van der Waals surface area contributed by atoms with Crippen molar-refractivity contribution in [1.29, 1.82) is 0 Å². The van der Waals surface area contributed by atoms with Gasteiger partial charge in [0.05, 0.1) is 6.54 Å². The topological polar surface area (TPSA) is 67.0 Å². The lowest BCUT2D eigenvalue weighted by atomic mass is 10.1. The van der Waals surface area contributed by atoms with Gasteiger partial charge in [-0.15, -0.1) is 0 Å². The number of nitrogens with one attached hydrogen (secondary N) is 2. The molecule has 2 N–H and O–H groups in total. The highest BCUT2D eigenvalue weighted by Crippen LogP contribution is 2.28. The molecule has 3 rings (SSSR count). The van der Waals surface area contributed by atoms with E-state index in [0.29, 0.717) is 13.0 Å². The second-order valence-electron chi connectivity index (χ2n) is 4.17. The number of H-pyrrole nitrogens is 1. The number of aromatic amines is 1. The highest BCUT2D eigenvalue weighted by Gasteiger charge is 2.28. The number of aromatic nitrogens is 2. The number of fused-ring (bicyclic) bond motifs is 1. The van der Waals surface area contributed by atoms with Gasteiger partial charge in [-0.3, -0.25) is 4.79 Å². The SMILES string of the molecule is O=C(NCc1ncc[nH]1)C1Cc2ccccc2O1. The van der Waals surface area contributed by atoms with E-state index in [-0.39, 0.29) is 5.91 Å². The third kappa shape index (κ3) is 2.07. The van der Waals surface area contributed by atoms with Crippen molar-refractivity contribution in [2.45, 2.75) is 19.1 Å². The van der Waals surface area contributed by atoms with E-state index in [2.05, 4.69) is 15.3 Å². The first-order chi connectivity index (χ1) is 8.83. The number of hydrogen-bond donors (Lipinski definition) is 2. The summed E-state index contributed by atoms with van der Waals surface area (Å²) in [4.78, 5) is 18.9. The van der Waals surface area contributed by atoms with Crippen LogP contribution in [0, 0.1) is 0 Å².